The highest BCUT2D eigenvalue weighted by molar-refractivity contribution is 7.15. The van der Waals surface area contributed by atoms with E-state index in [-0.39, 0.29) is 5.88 Å². The number of nitrogens with zero attached hydrogens (tertiary/aromatic N) is 3. The van der Waals surface area contributed by atoms with Crippen molar-refractivity contribution >= 4 is 28.6 Å². The van der Waals surface area contributed by atoms with Gasteiger partial charge in [0, 0.05) is 10.4 Å². The molecule has 4 rings (SSSR count). The van der Waals surface area contributed by atoms with E-state index in [0.29, 0.717) is 10.9 Å². The number of ether oxygens (including phenoxy) is 1. The average molecular weight is 355 g/mol. The summed E-state index contributed by atoms with van der Waals surface area (Å²) in [7, 11) is 1.64. The normalized spacial score (nSPS) is 12.8. The average Bonchev–Trinajstić information content (AvgIpc) is 3.26. The molecule has 0 saturated heterocycles. The van der Waals surface area contributed by atoms with Crippen LogP contribution in [0.2, 0.25) is 0 Å². The summed E-state index contributed by atoms with van der Waals surface area (Å²) in [6, 6.07) is 8.84. The second-order valence-corrected chi connectivity index (χ2v) is 6.54. The standard InChI is InChI=1S/C17H13N3O4S/c1-23-11-4-2-10-3-6-14-16(13(10)8-11)19-17(25-14)18-9-12-5-7-15(24-12)20(21)22/h2,4-5,7-9H,3,6H2,1H3/b18-9+. The van der Waals surface area contributed by atoms with E-state index in [1.54, 1.807) is 7.11 Å². The quantitative estimate of drug-likeness (QED) is 0.398. The predicted octanol–water partition coefficient (Wildman–Crippen LogP) is 4.17. The lowest BCUT2D eigenvalue weighted by molar-refractivity contribution is -0.402. The summed E-state index contributed by atoms with van der Waals surface area (Å²) in [5.41, 5.74) is 3.26. The zero-order valence-electron chi connectivity index (χ0n) is 13.3. The van der Waals surface area contributed by atoms with Crippen LogP contribution < -0.4 is 4.74 Å². The van der Waals surface area contributed by atoms with Crippen LogP contribution in [0.4, 0.5) is 11.0 Å². The van der Waals surface area contributed by atoms with E-state index in [2.05, 4.69) is 16.0 Å². The monoisotopic (exact) mass is 355 g/mol. The van der Waals surface area contributed by atoms with Gasteiger partial charge in [0.2, 0.25) is 5.13 Å². The molecule has 0 radical (unpaired) electrons. The predicted molar refractivity (Wildman–Crippen MR) is 94.1 cm³/mol. The Morgan fingerprint density at radius 3 is 3.00 bits per heavy atom. The van der Waals surface area contributed by atoms with Crippen molar-refractivity contribution in [3.63, 3.8) is 0 Å². The van der Waals surface area contributed by atoms with Crippen molar-refractivity contribution in [2.24, 2.45) is 4.99 Å². The molecule has 0 N–H and O–H groups in total. The molecule has 1 aromatic carbocycles. The first-order valence-electron chi connectivity index (χ1n) is 7.59. The van der Waals surface area contributed by atoms with Crippen molar-refractivity contribution < 1.29 is 14.1 Å². The van der Waals surface area contributed by atoms with Crippen molar-refractivity contribution in [3.05, 3.63) is 56.6 Å². The Bertz CT molecular complexity index is 990. The molecule has 25 heavy (non-hydrogen) atoms. The molecular weight excluding hydrogens is 342 g/mol. The number of rotatable bonds is 4. The lowest BCUT2D eigenvalue weighted by Crippen LogP contribution is -2.02. The van der Waals surface area contributed by atoms with Crippen molar-refractivity contribution in [2.75, 3.05) is 7.11 Å². The molecule has 0 saturated carbocycles. The molecule has 126 valence electrons. The number of aromatic nitrogens is 1. The van der Waals surface area contributed by atoms with E-state index < -0.39 is 4.92 Å². The molecule has 0 unspecified atom stereocenters. The van der Waals surface area contributed by atoms with Crippen LogP contribution >= 0.6 is 11.3 Å². The fourth-order valence-corrected chi connectivity index (χ4v) is 3.69. The van der Waals surface area contributed by atoms with E-state index in [1.165, 1.54) is 40.1 Å². The fourth-order valence-electron chi connectivity index (χ4n) is 2.77. The van der Waals surface area contributed by atoms with Gasteiger partial charge in [0.25, 0.3) is 0 Å². The number of hydrogen-bond donors (Lipinski definition) is 0. The first-order chi connectivity index (χ1) is 12.1. The number of aryl methyl sites for hydroxylation is 2. The first-order valence-corrected chi connectivity index (χ1v) is 8.41. The highest BCUT2D eigenvalue weighted by atomic mass is 32.1. The summed E-state index contributed by atoms with van der Waals surface area (Å²) < 4.78 is 10.4. The second kappa shape index (κ2) is 6.14. The second-order valence-electron chi connectivity index (χ2n) is 5.48. The molecule has 7 nitrogen and oxygen atoms in total. The Morgan fingerprint density at radius 1 is 1.36 bits per heavy atom. The minimum atomic E-state index is -0.580. The van der Waals surface area contributed by atoms with Gasteiger partial charge in [-0.05, 0) is 36.6 Å². The number of furan rings is 1. The fraction of sp³-hybridized carbons (Fsp3) is 0.176. The van der Waals surface area contributed by atoms with Crippen LogP contribution in [0, 0.1) is 10.1 Å². The van der Waals surface area contributed by atoms with Gasteiger partial charge in [-0.2, -0.15) is 0 Å². The molecule has 1 aliphatic rings. The molecule has 8 heteroatoms. The van der Waals surface area contributed by atoms with Crippen LogP contribution in [0.1, 0.15) is 16.2 Å². The number of aliphatic imine (C=N–C) groups is 1. The number of methoxy groups -OCH3 is 1. The number of nitro groups is 1. The minimum absolute atomic E-state index is 0.305. The minimum Gasteiger partial charge on any atom is -0.497 e. The number of thiazole rings is 1. The van der Waals surface area contributed by atoms with Crippen molar-refractivity contribution in [1.29, 1.82) is 0 Å². The Kier molecular flexibility index (Phi) is 3.81. The van der Waals surface area contributed by atoms with Gasteiger partial charge in [0.1, 0.15) is 10.7 Å². The smallest absolute Gasteiger partial charge is 0.433 e. The van der Waals surface area contributed by atoms with Crippen molar-refractivity contribution in [1.82, 2.24) is 4.98 Å². The Balaban J connectivity index is 1.64. The Morgan fingerprint density at radius 2 is 2.24 bits per heavy atom. The largest absolute Gasteiger partial charge is 0.497 e. The van der Waals surface area contributed by atoms with Gasteiger partial charge in [-0.3, -0.25) is 10.1 Å². The number of benzene rings is 1. The maximum atomic E-state index is 10.6. The summed E-state index contributed by atoms with van der Waals surface area (Å²) >= 11 is 1.52. The molecule has 0 aliphatic heterocycles. The number of fused-ring (bicyclic) bond motifs is 3. The molecule has 2 heterocycles. The SMILES string of the molecule is COc1ccc2c(c1)-c1nc(/N=C/c3ccc([N+](=O)[O-])o3)sc1CC2. The molecule has 1 aliphatic carbocycles. The van der Waals surface area contributed by atoms with Gasteiger partial charge >= 0.3 is 5.88 Å². The van der Waals surface area contributed by atoms with Crippen LogP contribution in [0.25, 0.3) is 11.3 Å². The van der Waals surface area contributed by atoms with Crippen LogP contribution in [0.5, 0.6) is 5.75 Å². The maximum absolute atomic E-state index is 10.6. The lowest BCUT2D eigenvalue weighted by Gasteiger charge is -2.15. The highest BCUT2D eigenvalue weighted by Gasteiger charge is 2.21. The maximum Gasteiger partial charge on any atom is 0.433 e. The van der Waals surface area contributed by atoms with Crippen LogP contribution in [0.3, 0.4) is 0 Å². The summed E-state index contributed by atoms with van der Waals surface area (Å²) in [6.45, 7) is 0. The molecule has 0 amide bonds. The molecule has 0 spiro atoms. The van der Waals surface area contributed by atoms with Crippen molar-refractivity contribution in [3.8, 4) is 17.0 Å². The third-order valence-corrected chi connectivity index (χ3v) is 5.00. The molecular formula is C17H13N3O4S. The molecule has 2 aromatic heterocycles. The molecule has 0 fully saturated rings. The van der Waals surface area contributed by atoms with Crippen LogP contribution in [0.15, 0.2) is 39.7 Å². The van der Waals surface area contributed by atoms with Gasteiger partial charge < -0.3 is 9.15 Å². The number of hydrogen-bond acceptors (Lipinski definition) is 7. The van der Waals surface area contributed by atoms with Gasteiger partial charge in [0.15, 0.2) is 5.76 Å². The molecule has 0 bridgehead atoms. The van der Waals surface area contributed by atoms with Gasteiger partial charge in [-0.15, -0.1) is 0 Å². The van der Waals surface area contributed by atoms with Crippen LogP contribution in [-0.2, 0) is 12.8 Å². The topological polar surface area (TPSA) is 90.8 Å². The van der Waals surface area contributed by atoms with E-state index >= 15 is 0 Å². The van der Waals surface area contributed by atoms with Gasteiger partial charge in [-0.25, -0.2) is 9.98 Å². The lowest BCUT2D eigenvalue weighted by atomic mass is 9.93. The zero-order chi connectivity index (χ0) is 17.4. The van der Waals surface area contributed by atoms with Crippen LogP contribution in [-0.4, -0.2) is 23.2 Å². The van der Waals surface area contributed by atoms with Gasteiger partial charge in [-0.1, -0.05) is 17.4 Å². The van der Waals surface area contributed by atoms with E-state index in [1.807, 2.05) is 12.1 Å². The van der Waals surface area contributed by atoms with E-state index in [9.17, 15) is 10.1 Å². The van der Waals surface area contributed by atoms with E-state index in [4.69, 9.17) is 9.15 Å². The van der Waals surface area contributed by atoms with Gasteiger partial charge in [0.05, 0.1) is 25.1 Å². The summed E-state index contributed by atoms with van der Waals surface area (Å²) in [5.74, 6) is 0.815. The Labute approximate surface area is 146 Å². The molecule has 0 atom stereocenters. The third-order valence-electron chi connectivity index (χ3n) is 3.97. The zero-order valence-corrected chi connectivity index (χ0v) is 14.1. The Hall–Kier alpha value is -3.00. The summed E-state index contributed by atoms with van der Waals surface area (Å²) in [6.07, 6.45) is 3.33. The first kappa shape index (κ1) is 15.5. The molecule has 3 aromatic rings. The van der Waals surface area contributed by atoms with E-state index in [0.717, 1.165) is 29.8 Å². The summed E-state index contributed by atoms with van der Waals surface area (Å²) in [5, 5.41) is 11.2. The highest BCUT2D eigenvalue weighted by Crippen LogP contribution is 2.40. The third kappa shape index (κ3) is 2.91. The van der Waals surface area contributed by atoms with Crippen molar-refractivity contribution in [2.45, 2.75) is 12.8 Å². The summed E-state index contributed by atoms with van der Waals surface area (Å²) in [4.78, 5) is 20.2.